The molecular formula is C20H15ClN8O3. The van der Waals surface area contributed by atoms with Crippen LogP contribution in [0, 0.1) is 11.3 Å². The molecule has 4 amide bonds. The number of tetrazole rings is 1. The molecule has 1 saturated heterocycles. The lowest BCUT2D eigenvalue weighted by Gasteiger charge is -2.22. The van der Waals surface area contributed by atoms with Crippen molar-refractivity contribution < 1.29 is 14.4 Å². The van der Waals surface area contributed by atoms with Gasteiger partial charge >= 0.3 is 6.03 Å². The van der Waals surface area contributed by atoms with E-state index >= 15 is 0 Å². The number of hydrogen-bond donors (Lipinski definition) is 2. The van der Waals surface area contributed by atoms with Crippen LogP contribution in [0.4, 0.5) is 10.5 Å². The van der Waals surface area contributed by atoms with Crippen LogP contribution in [-0.4, -0.2) is 49.5 Å². The van der Waals surface area contributed by atoms with E-state index in [4.69, 9.17) is 16.9 Å². The second-order valence-corrected chi connectivity index (χ2v) is 7.51. The number of aromatic nitrogens is 4. The summed E-state index contributed by atoms with van der Waals surface area (Å²) in [7, 11) is 0. The highest BCUT2D eigenvalue weighted by atomic mass is 35.5. The first-order chi connectivity index (χ1) is 15.3. The Hall–Kier alpha value is -4.30. The third-order valence-corrected chi connectivity index (χ3v) is 5.30. The monoisotopic (exact) mass is 450 g/mol. The number of nitrogens with zero attached hydrogens (tertiary/aromatic N) is 6. The van der Waals surface area contributed by atoms with E-state index in [0.29, 0.717) is 16.9 Å². The minimum Gasteiger partial charge on any atom is -0.324 e. The van der Waals surface area contributed by atoms with Crippen LogP contribution in [0.3, 0.4) is 0 Å². The van der Waals surface area contributed by atoms with Crippen molar-refractivity contribution in [3.8, 4) is 11.8 Å². The molecule has 11 nitrogen and oxygen atoms in total. The van der Waals surface area contributed by atoms with Gasteiger partial charge in [-0.2, -0.15) is 5.26 Å². The first-order valence-corrected chi connectivity index (χ1v) is 9.67. The number of imide groups is 1. The van der Waals surface area contributed by atoms with Crippen molar-refractivity contribution in [1.82, 2.24) is 30.4 Å². The Kier molecular flexibility index (Phi) is 5.29. The van der Waals surface area contributed by atoms with Crippen LogP contribution < -0.4 is 10.6 Å². The number of rotatable bonds is 5. The van der Waals surface area contributed by atoms with Gasteiger partial charge in [0.1, 0.15) is 24.5 Å². The molecule has 1 fully saturated rings. The Labute approximate surface area is 186 Å². The Morgan fingerprint density at radius 3 is 2.78 bits per heavy atom. The maximum atomic E-state index is 13.1. The van der Waals surface area contributed by atoms with E-state index in [9.17, 15) is 14.4 Å². The lowest BCUT2D eigenvalue weighted by Crippen LogP contribution is -2.42. The van der Waals surface area contributed by atoms with Crippen LogP contribution in [0.15, 0.2) is 48.8 Å². The fourth-order valence-corrected chi connectivity index (χ4v) is 3.53. The summed E-state index contributed by atoms with van der Waals surface area (Å²) in [6.45, 7) is 1.06. The average molecular weight is 451 g/mol. The molecule has 2 N–H and O–H groups in total. The van der Waals surface area contributed by atoms with E-state index in [0.717, 1.165) is 4.90 Å². The van der Waals surface area contributed by atoms with Crippen LogP contribution in [0.25, 0.3) is 5.69 Å². The van der Waals surface area contributed by atoms with Gasteiger partial charge in [0, 0.05) is 5.69 Å². The van der Waals surface area contributed by atoms with Crippen molar-refractivity contribution in [3.63, 3.8) is 0 Å². The summed E-state index contributed by atoms with van der Waals surface area (Å²) >= 11 is 5.97. The molecule has 32 heavy (non-hydrogen) atoms. The van der Waals surface area contributed by atoms with Crippen molar-refractivity contribution in [1.29, 1.82) is 5.26 Å². The Morgan fingerprint density at radius 1 is 1.28 bits per heavy atom. The van der Waals surface area contributed by atoms with E-state index in [1.807, 2.05) is 6.07 Å². The fraction of sp³-hybridized carbons (Fsp3) is 0.150. The van der Waals surface area contributed by atoms with E-state index in [1.54, 1.807) is 31.2 Å². The standard InChI is InChI=1S/C20H15ClN8O3/c1-20(13-3-2-4-15(7-13)29-11-23-26-27-29)18(31)28(19(32)25-20)10-17(30)24-14-6-5-12(9-22)16(21)8-14/h2-8,11H,10H2,1H3,(H,24,30)(H,25,32). The molecule has 1 aliphatic heterocycles. The molecule has 0 bridgehead atoms. The first-order valence-electron chi connectivity index (χ1n) is 9.29. The van der Waals surface area contributed by atoms with Crippen LogP contribution in [0.5, 0.6) is 0 Å². The Morgan fingerprint density at radius 2 is 2.09 bits per heavy atom. The second kappa shape index (κ2) is 8.09. The summed E-state index contributed by atoms with van der Waals surface area (Å²) in [5.74, 6) is -1.18. The van der Waals surface area contributed by atoms with Crippen molar-refractivity contribution in [2.24, 2.45) is 0 Å². The minimum atomic E-state index is -1.38. The normalized spacial score (nSPS) is 17.7. The largest absolute Gasteiger partial charge is 0.325 e. The zero-order valence-corrected chi connectivity index (χ0v) is 17.4. The molecule has 4 rings (SSSR count). The van der Waals surface area contributed by atoms with Gasteiger partial charge in [0.05, 0.1) is 16.3 Å². The highest BCUT2D eigenvalue weighted by molar-refractivity contribution is 6.32. The molecule has 0 spiro atoms. The molecule has 2 heterocycles. The zero-order valence-electron chi connectivity index (χ0n) is 16.6. The number of urea groups is 1. The molecule has 160 valence electrons. The van der Waals surface area contributed by atoms with Crippen LogP contribution in [0.2, 0.25) is 5.02 Å². The molecule has 0 saturated carbocycles. The maximum absolute atomic E-state index is 13.1. The van der Waals surface area contributed by atoms with E-state index in [2.05, 4.69) is 26.2 Å². The summed E-state index contributed by atoms with van der Waals surface area (Å²) in [6, 6.07) is 12.4. The number of nitrogens with one attached hydrogen (secondary N) is 2. The fourth-order valence-electron chi connectivity index (χ4n) is 3.30. The number of carbonyl (C=O) groups excluding carboxylic acids is 3. The van der Waals surface area contributed by atoms with Crippen LogP contribution >= 0.6 is 11.6 Å². The topological polar surface area (TPSA) is 146 Å². The highest BCUT2D eigenvalue weighted by Crippen LogP contribution is 2.30. The molecule has 1 aliphatic rings. The predicted octanol–water partition coefficient (Wildman–Crippen LogP) is 1.59. The van der Waals surface area contributed by atoms with Gasteiger partial charge in [0.15, 0.2) is 0 Å². The SMILES string of the molecule is CC1(c2cccc(-n3cnnn3)c2)NC(=O)N(CC(=O)Nc2ccc(C#N)c(Cl)c2)C1=O. The van der Waals surface area contributed by atoms with Crippen molar-refractivity contribution in [2.75, 3.05) is 11.9 Å². The number of halogens is 1. The van der Waals surface area contributed by atoms with Gasteiger partial charge in [-0.1, -0.05) is 23.7 Å². The number of amides is 4. The average Bonchev–Trinajstić information content (AvgIpc) is 3.38. The molecular weight excluding hydrogens is 436 g/mol. The zero-order chi connectivity index (χ0) is 22.9. The molecule has 2 aromatic carbocycles. The van der Waals surface area contributed by atoms with Gasteiger partial charge in [-0.3, -0.25) is 14.5 Å². The third kappa shape index (κ3) is 3.75. The lowest BCUT2D eigenvalue weighted by molar-refractivity contribution is -0.133. The van der Waals surface area contributed by atoms with Crippen molar-refractivity contribution in [3.05, 3.63) is 64.9 Å². The van der Waals surface area contributed by atoms with Crippen molar-refractivity contribution in [2.45, 2.75) is 12.5 Å². The van der Waals surface area contributed by atoms with Gasteiger partial charge in [-0.05, 0) is 53.2 Å². The van der Waals surface area contributed by atoms with Gasteiger partial charge in [-0.25, -0.2) is 9.48 Å². The highest BCUT2D eigenvalue weighted by Gasteiger charge is 2.49. The summed E-state index contributed by atoms with van der Waals surface area (Å²) in [6.07, 6.45) is 1.41. The van der Waals surface area contributed by atoms with E-state index in [-0.39, 0.29) is 10.6 Å². The summed E-state index contributed by atoms with van der Waals surface area (Å²) in [5, 5.41) is 25.3. The molecule has 12 heteroatoms. The summed E-state index contributed by atoms with van der Waals surface area (Å²) in [5.41, 5.74) is 0.329. The van der Waals surface area contributed by atoms with Gasteiger partial charge in [0.25, 0.3) is 5.91 Å². The molecule has 3 aromatic rings. The third-order valence-electron chi connectivity index (χ3n) is 4.99. The molecule has 1 aromatic heterocycles. The quantitative estimate of drug-likeness (QED) is 0.561. The van der Waals surface area contributed by atoms with Gasteiger partial charge in [0.2, 0.25) is 5.91 Å². The first kappa shape index (κ1) is 21.0. The van der Waals surface area contributed by atoms with Gasteiger partial charge < -0.3 is 10.6 Å². The molecule has 0 aliphatic carbocycles. The number of hydrogen-bond acceptors (Lipinski definition) is 7. The summed E-state index contributed by atoms with van der Waals surface area (Å²) in [4.78, 5) is 39.0. The van der Waals surface area contributed by atoms with E-state index in [1.165, 1.54) is 29.2 Å². The molecule has 0 radical (unpaired) electrons. The molecule has 1 unspecified atom stereocenters. The Bertz CT molecular complexity index is 1270. The second-order valence-electron chi connectivity index (χ2n) is 7.11. The smallest absolute Gasteiger partial charge is 0.324 e. The van der Waals surface area contributed by atoms with Crippen molar-refractivity contribution >= 4 is 35.1 Å². The molecule has 1 atom stereocenters. The summed E-state index contributed by atoms with van der Waals surface area (Å²) < 4.78 is 1.42. The maximum Gasteiger partial charge on any atom is 0.325 e. The van der Waals surface area contributed by atoms with Crippen LogP contribution in [0.1, 0.15) is 18.1 Å². The number of carbonyl (C=O) groups is 3. The van der Waals surface area contributed by atoms with Crippen LogP contribution in [-0.2, 0) is 15.1 Å². The van der Waals surface area contributed by atoms with Gasteiger partial charge in [-0.15, -0.1) is 5.10 Å². The predicted molar refractivity (Wildman–Crippen MR) is 112 cm³/mol. The Balaban J connectivity index is 1.51. The minimum absolute atomic E-state index is 0.176. The number of benzene rings is 2. The van der Waals surface area contributed by atoms with E-state index < -0.39 is 29.9 Å². The lowest BCUT2D eigenvalue weighted by atomic mass is 9.91. The number of anilines is 1. The number of nitriles is 1.